The van der Waals surface area contributed by atoms with Crippen molar-refractivity contribution in [2.45, 2.75) is 47.0 Å². The first-order chi connectivity index (χ1) is 6.80. The Kier molecular flexibility index (Phi) is 3.80. The van der Waals surface area contributed by atoms with E-state index in [1.54, 1.807) is 0 Å². The van der Waals surface area contributed by atoms with E-state index in [9.17, 15) is 0 Å². The lowest BCUT2D eigenvalue weighted by molar-refractivity contribution is 0.189. The van der Waals surface area contributed by atoms with Crippen molar-refractivity contribution in [3.05, 3.63) is 0 Å². The van der Waals surface area contributed by atoms with Crippen molar-refractivity contribution in [2.24, 2.45) is 22.4 Å². The zero-order chi connectivity index (χ0) is 11.6. The summed E-state index contributed by atoms with van der Waals surface area (Å²) in [6, 6.07) is 0. The van der Waals surface area contributed by atoms with Crippen LogP contribution >= 0.6 is 0 Å². The number of hydrazone groups is 1. The molecule has 1 fully saturated rings. The van der Waals surface area contributed by atoms with Crippen LogP contribution in [0.5, 0.6) is 0 Å². The molecule has 0 aromatic carbocycles. The van der Waals surface area contributed by atoms with Gasteiger partial charge in [0.25, 0.3) is 0 Å². The topological polar surface area (TPSA) is 15.6 Å². The maximum Gasteiger partial charge on any atom is 0.0408 e. The van der Waals surface area contributed by atoms with Crippen LogP contribution in [0.25, 0.3) is 0 Å². The molecule has 0 spiro atoms. The highest BCUT2D eigenvalue weighted by Gasteiger charge is 2.31. The van der Waals surface area contributed by atoms with Crippen LogP contribution in [-0.2, 0) is 0 Å². The van der Waals surface area contributed by atoms with Crippen LogP contribution in [0.1, 0.15) is 47.0 Å². The van der Waals surface area contributed by atoms with Gasteiger partial charge in [-0.15, -0.1) is 0 Å². The summed E-state index contributed by atoms with van der Waals surface area (Å²) in [5, 5.41) is 6.52. The molecule has 0 radical (unpaired) electrons. The molecule has 0 aromatic heterocycles. The molecule has 0 heterocycles. The van der Waals surface area contributed by atoms with Crippen LogP contribution in [0.15, 0.2) is 5.10 Å². The molecular formula is C13H26N2. The minimum absolute atomic E-state index is 0.456. The first-order valence-electron chi connectivity index (χ1n) is 6.05. The van der Waals surface area contributed by atoms with Crippen molar-refractivity contribution >= 4 is 5.71 Å². The summed E-state index contributed by atoms with van der Waals surface area (Å²) in [7, 11) is 4.02. The Labute approximate surface area is 94.7 Å². The molecule has 2 nitrogen and oxygen atoms in total. The molecule has 1 aliphatic rings. The number of hydrogen-bond acceptors (Lipinski definition) is 2. The molecule has 0 aromatic rings. The van der Waals surface area contributed by atoms with Gasteiger partial charge in [-0.2, -0.15) is 5.10 Å². The van der Waals surface area contributed by atoms with Gasteiger partial charge in [-0.1, -0.05) is 27.7 Å². The Hall–Kier alpha value is -0.530. The second-order valence-corrected chi connectivity index (χ2v) is 6.18. The van der Waals surface area contributed by atoms with Crippen molar-refractivity contribution in [1.82, 2.24) is 5.01 Å². The molecule has 0 amide bonds. The van der Waals surface area contributed by atoms with Gasteiger partial charge >= 0.3 is 0 Å². The number of nitrogens with zero attached hydrogens (tertiary/aromatic N) is 2. The highest BCUT2D eigenvalue weighted by atomic mass is 15.4. The van der Waals surface area contributed by atoms with Gasteiger partial charge in [-0.3, -0.25) is 0 Å². The van der Waals surface area contributed by atoms with Crippen LogP contribution in [0.4, 0.5) is 0 Å². The maximum atomic E-state index is 4.58. The molecule has 88 valence electrons. The van der Waals surface area contributed by atoms with E-state index in [0.717, 1.165) is 5.92 Å². The largest absolute Gasteiger partial charge is 0.303 e. The average Bonchev–Trinajstić information content (AvgIpc) is 2.05. The molecule has 0 bridgehead atoms. The van der Waals surface area contributed by atoms with Gasteiger partial charge in [0.05, 0.1) is 0 Å². The first kappa shape index (κ1) is 12.5. The smallest absolute Gasteiger partial charge is 0.0408 e. The molecule has 0 aliphatic heterocycles. The Balaban J connectivity index is 2.63. The van der Waals surface area contributed by atoms with Crippen molar-refractivity contribution in [1.29, 1.82) is 0 Å². The molecule has 0 saturated heterocycles. The zero-order valence-electron chi connectivity index (χ0n) is 11.2. The Morgan fingerprint density at radius 3 is 2.27 bits per heavy atom. The van der Waals surface area contributed by atoms with Crippen molar-refractivity contribution in [3.63, 3.8) is 0 Å². The van der Waals surface area contributed by atoms with E-state index in [0.29, 0.717) is 11.3 Å². The van der Waals surface area contributed by atoms with Crippen LogP contribution in [0.3, 0.4) is 0 Å². The Morgan fingerprint density at radius 1 is 1.27 bits per heavy atom. The van der Waals surface area contributed by atoms with Crippen molar-refractivity contribution in [3.8, 4) is 0 Å². The minimum atomic E-state index is 0.456. The Bertz CT molecular complexity index is 235. The third-order valence-corrected chi connectivity index (χ3v) is 3.51. The molecule has 2 atom stereocenters. The van der Waals surface area contributed by atoms with Crippen LogP contribution in [0.2, 0.25) is 0 Å². The van der Waals surface area contributed by atoms with Gasteiger partial charge < -0.3 is 5.01 Å². The van der Waals surface area contributed by atoms with Crippen LogP contribution in [0, 0.1) is 17.3 Å². The molecule has 1 rings (SSSR count). The summed E-state index contributed by atoms with van der Waals surface area (Å²) in [6.07, 6.45) is 3.79. The lowest BCUT2D eigenvalue weighted by Crippen LogP contribution is -2.31. The van der Waals surface area contributed by atoms with Gasteiger partial charge in [0, 0.05) is 19.8 Å². The molecule has 1 saturated carbocycles. The number of hydrogen-bond donors (Lipinski definition) is 0. The van der Waals surface area contributed by atoms with Crippen molar-refractivity contribution < 1.29 is 0 Å². The fourth-order valence-corrected chi connectivity index (χ4v) is 2.44. The monoisotopic (exact) mass is 210 g/mol. The maximum absolute atomic E-state index is 4.58. The first-order valence-corrected chi connectivity index (χ1v) is 6.05. The molecule has 0 unspecified atom stereocenters. The lowest BCUT2D eigenvalue weighted by Gasteiger charge is -2.37. The van der Waals surface area contributed by atoms with E-state index >= 15 is 0 Å². The zero-order valence-corrected chi connectivity index (χ0v) is 11.2. The van der Waals surface area contributed by atoms with E-state index in [-0.39, 0.29) is 0 Å². The van der Waals surface area contributed by atoms with Crippen molar-refractivity contribution in [2.75, 3.05) is 14.1 Å². The minimum Gasteiger partial charge on any atom is -0.303 e. The number of rotatable bonds is 1. The summed E-state index contributed by atoms with van der Waals surface area (Å²) >= 11 is 0. The van der Waals surface area contributed by atoms with Gasteiger partial charge in [-0.05, 0) is 36.5 Å². The van der Waals surface area contributed by atoms with E-state index < -0.39 is 0 Å². The summed E-state index contributed by atoms with van der Waals surface area (Å²) in [5.41, 5.74) is 1.85. The van der Waals surface area contributed by atoms with E-state index in [2.05, 4.69) is 32.8 Å². The second-order valence-electron chi connectivity index (χ2n) is 6.18. The summed E-state index contributed by atoms with van der Waals surface area (Å²) in [5.74, 6) is 1.51. The highest BCUT2D eigenvalue weighted by Crippen LogP contribution is 2.39. The average molecular weight is 210 g/mol. The highest BCUT2D eigenvalue weighted by molar-refractivity contribution is 5.87. The van der Waals surface area contributed by atoms with Gasteiger partial charge in [-0.25, -0.2) is 0 Å². The van der Waals surface area contributed by atoms with Crippen LogP contribution in [-0.4, -0.2) is 24.8 Å². The van der Waals surface area contributed by atoms with E-state index in [1.807, 2.05) is 19.1 Å². The fourth-order valence-electron chi connectivity index (χ4n) is 2.44. The van der Waals surface area contributed by atoms with Crippen LogP contribution < -0.4 is 0 Å². The molecule has 15 heavy (non-hydrogen) atoms. The Morgan fingerprint density at radius 2 is 1.87 bits per heavy atom. The standard InChI is InChI=1S/C13H26N2/c1-10-9-11(13(2,3)4)7-8-12(10)14-15(5)6/h10-11H,7-9H2,1-6H3/b14-12+/t10-,11+/m1/s1. The van der Waals surface area contributed by atoms with Gasteiger partial charge in [0.15, 0.2) is 0 Å². The molecule has 1 aliphatic carbocycles. The predicted octanol–water partition coefficient (Wildman–Crippen LogP) is 3.39. The summed E-state index contributed by atoms with van der Waals surface area (Å²) < 4.78 is 0. The van der Waals surface area contributed by atoms with E-state index in [1.165, 1.54) is 25.0 Å². The molecule has 2 heteroatoms. The molecular weight excluding hydrogens is 184 g/mol. The summed E-state index contributed by atoms with van der Waals surface area (Å²) in [4.78, 5) is 0. The third kappa shape index (κ3) is 3.51. The second kappa shape index (κ2) is 4.54. The normalized spacial score (nSPS) is 30.7. The lowest BCUT2D eigenvalue weighted by atomic mass is 9.69. The fraction of sp³-hybridized carbons (Fsp3) is 0.923. The van der Waals surface area contributed by atoms with Gasteiger partial charge in [0.2, 0.25) is 0 Å². The van der Waals surface area contributed by atoms with Gasteiger partial charge in [0.1, 0.15) is 0 Å². The quantitative estimate of drug-likeness (QED) is 0.606. The SMILES string of the molecule is C[C@@H]1C[C@@H](C(C)(C)C)CC/C1=N\N(C)C. The molecule has 0 N–H and O–H groups in total. The van der Waals surface area contributed by atoms with E-state index in [4.69, 9.17) is 0 Å². The third-order valence-electron chi connectivity index (χ3n) is 3.51. The predicted molar refractivity (Wildman–Crippen MR) is 67.1 cm³/mol. The summed E-state index contributed by atoms with van der Waals surface area (Å²) in [6.45, 7) is 9.40.